The Morgan fingerprint density at radius 1 is 1.61 bits per heavy atom. The molecule has 0 amide bonds. The molecule has 0 bridgehead atoms. The van der Waals surface area contributed by atoms with Crippen LogP contribution in [0.25, 0.3) is 0 Å². The predicted octanol–water partition coefficient (Wildman–Crippen LogP) is 2.35. The Morgan fingerprint density at radius 3 is 2.67 bits per heavy atom. The van der Waals surface area contributed by atoms with Gasteiger partial charge in [-0.2, -0.15) is 8.78 Å². The minimum atomic E-state index is -3.80. The zero-order chi connectivity index (χ0) is 13.1. The van der Waals surface area contributed by atoms with E-state index in [0.717, 1.165) is 6.20 Å². The summed E-state index contributed by atoms with van der Waals surface area (Å²) in [6.07, 6.45) is 1.10. The average molecular weight is 301 g/mol. The molecule has 0 spiro atoms. The topological polar surface area (TPSA) is 65.2 Å². The van der Waals surface area contributed by atoms with Crippen LogP contribution in [0, 0.1) is 0 Å². The molecule has 2 N–H and O–H groups in total. The number of carbonyl (C=O) groups excluding carboxylic acids is 1. The van der Waals surface area contributed by atoms with Crippen molar-refractivity contribution in [3.05, 3.63) is 29.0 Å². The van der Waals surface area contributed by atoms with Gasteiger partial charge in [0.25, 0.3) is 0 Å². The van der Waals surface area contributed by atoms with Gasteiger partial charge in [-0.25, -0.2) is 9.78 Å². The summed E-state index contributed by atoms with van der Waals surface area (Å²) >= 11 is 5.51. The molecule has 1 aromatic heterocycles. The maximum atomic E-state index is 13.5. The van der Waals surface area contributed by atoms with Crippen LogP contribution in [0.1, 0.15) is 18.5 Å². The highest BCUT2D eigenvalue weighted by Gasteiger charge is 2.47. The maximum absolute atomic E-state index is 13.5. The maximum Gasteiger partial charge on any atom is 0.379 e. The monoisotopic (exact) mass is 300 g/mol. The first kappa shape index (κ1) is 17.0. The molecule has 8 heteroatoms. The van der Waals surface area contributed by atoms with Crippen LogP contribution in [0.4, 0.5) is 8.78 Å². The van der Waals surface area contributed by atoms with E-state index in [4.69, 9.17) is 17.3 Å². The number of esters is 1. The molecule has 0 aliphatic heterocycles. The molecule has 0 unspecified atom stereocenters. The van der Waals surface area contributed by atoms with Crippen LogP contribution in [0.2, 0.25) is 5.15 Å². The smallest absolute Gasteiger partial charge is 0.379 e. The number of rotatable bonds is 4. The molecule has 1 rings (SSSR count). The summed E-state index contributed by atoms with van der Waals surface area (Å²) in [7, 11) is 0. The zero-order valence-electron chi connectivity index (χ0n) is 9.40. The van der Waals surface area contributed by atoms with Crippen molar-refractivity contribution in [2.45, 2.75) is 18.9 Å². The van der Waals surface area contributed by atoms with Crippen LogP contribution < -0.4 is 5.73 Å². The molecule has 1 atom stereocenters. The van der Waals surface area contributed by atoms with Gasteiger partial charge >= 0.3 is 11.9 Å². The molecular formula is C10H12Cl2F2N2O2. The third-order valence-electron chi connectivity index (χ3n) is 2.05. The molecule has 102 valence electrons. The SMILES string of the molecule is CCOC(=O)C(F)(F)[C@@H](N)c1ccc(Cl)nc1.Cl. The third-order valence-corrected chi connectivity index (χ3v) is 2.27. The lowest BCUT2D eigenvalue weighted by Crippen LogP contribution is -2.41. The third kappa shape index (κ3) is 3.76. The molecule has 1 aromatic rings. The first-order valence-corrected chi connectivity index (χ1v) is 5.19. The van der Waals surface area contributed by atoms with E-state index in [1.165, 1.54) is 19.1 Å². The molecule has 0 radical (unpaired) electrons. The largest absolute Gasteiger partial charge is 0.462 e. The van der Waals surface area contributed by atoms with Gasteiger partial charge in [0.15, 0.2) is 0 Å². The van der Waals surface area contributed by atoms with Gasteiger partial charge in [0.05, 0.1) is 6.61 Å². The van der Waals surface area contributed by atoms with E-state index >= 15 is 0 Å². The molecule has 0 fully saturated rings. The summed E-state index contributed by atoms with van der Waals surface area (Å²) < 4.78 is 31.3. The first-order chi connectivity index (χ1) is 7.89. The Hall–Kier alpha value is -0.980. The Bertz CT molecular complexity index is 401. The fraction of sp³-hybridized carbons (Fsp3) is 0.400. The highest BCUT2D eigenvalue weighted by atomic mass is 35.5. The lowest BCUT2D eigenvalue weighted by molar-refractivity contribution is -0.174. The predicted molar refractivity (Wildman–Crippen MR) is 65.0 cm³/mol. The molecule has 1 heterocycles. The van der Waals surface area contributed by atoms with Crippen molar-refractivity contribution in [2.75, 3.05) is 6.61 Å². The number of aromatic nitrogens is 1. The average Bonchev–Trinajstić information content (AvgIpc) is 2.29. The molecule has 18 heavy (non-hydrogen) atoms. The van der Waals surface area contributed by atoms with Gasteiger partial charge in [0, 0.05) is 6.20 Å². The number of nitrogens with two attached hydrogens (primary N) is 1. The summed E-state index contributed by atoms with van der Waals surface area (Å²) in [6, 6.07) is 0.789. The molecular weight excluding hydrogens is 289 g/mol. The van der Waals surface area contributed by atoms with Crippen LogP contribution >= 0.6 is 24.0 Å². The van der Waals surface area contributed by atoms with E-state index < -0.39 is 17.9 Å². The number of halogens is 4. The minimum absolute atomic E-state index is 0. The standard InChI is InChI=1S/C10H11ClF2N2O2.ClH/c1-2-17-9(16)10(12,13)8(14)6-3-4-7(11)15-5-6;/h3-5,8H,2,14H2,1H3;1H/t8-;/m0./s1. The molecule has 0 aliphatic rings. The van der Waals surface area contributed by atoms with Crippen molar-refractivity contribution >= 4 is 30.0 Å². The Labute approximate surface area is 114 Å². The lowest BCUT2D eigenvalue weighted by Gasteiger charge is -2.21. The Morgan fingerprint density at radius 2 is 2.22 bits per heavy atom. The van der Waals surface area contributed by atoms with E-state index in [1.807, 2.05) is 0 Å². The molecule has 0 aliphatic carbocycles. The van der Waals surface area contributed by atoms with Crippen molar-refractivity contribution in [3.63, 3.8) is 0 Å². The Kier molecular flexibility index (Phi) is 6.45. The van der Waals surface area contributed by atoms with Crippen molar-refractivity contribution in [1.82, 2.24) is 4.98 Å². The van der Waals surface area contributed by atoms with Gasteiger partial charge in [0.2, 0.25) is 0 Å². The minimum Gasteiger partial charge on any atom is -0.462 e. The van der Waals surface area contributed by atoms with Crippen molar-refractivity contribution in [2.24, 2.45) is 5.73 Å². The quantitative estimate of drug-likeness (QED) is 0.685. The van der Waals surface area contributed by atoms with Gasteiger partial charge in [-0.05, 0) is 18.6 Å². The van der Waals surface area contributed by atoms with E-state index in [-0.39, 0.29) is 29.7 Å². The van der Waals surface area contributed by atoms with Crippen molar-refractivity contribution < 1.29 is 18.3 Å². The highest BCUT2D eigenvalue weighted by Crippen LogP contribution is 2.30. The van der Waals surface area contributed by atoms with Gasteiger partial charge in [0.1, 0.15) is 11.2 Å². The van der Waals surface area contributed by atoms with E-state index in [0.29, 0.717) is 0 Å². The summed E-state index contributed by atoms with van der Waals surface area (Å²) in [5.74, 6) is -5.45. The molecule has 0 saturated carbocycles. The fourth-order valence-electron chi connectivity index (χ4n) is 1.13. The van der Waals surface area contributed by atoms with Crippen LogP contribution in [0.3, 0.4) is 0 Å². The van der Waals surface area contributed by atoms with Crippen LogP contribution in [-0.2, 0) is 9.53 Å². The van der Waals surface area contributed by atoms with Gasteiger partial charge in [-0.1, -0.05) is 17.7 Å². The summed E-state index contributed by atoms with van der Waals surface area (Å²) in [5.41, 5.74) is 5.33. The lowest BCUT2D eigenvalue weighted by atomic mass is 10.0. The number of hydrogen-bond donors (Lipinski definition) is 1. The second-order valence-electron chi connectivity index (χ2n) is 3.24. The number of nitrogens with zero attached hydrogens (tertiary/aromatic N) is 1. The summed E-state index contributed by atoms with van der Waals surface area (Å²) in [6.45, 7) is 1.30. The van der Waals surface area contributed by atoms with Crippen LogP contribution in [0.15, 0.2) is 18.3 Å². The number of carbonyl (C=O) groups is 1. The highest BCUT2D eigenvalue weighted by molar-refractivity contribution is 6.29. The number of pyridine rings is 1. The molecule has 0 aromatic carbocycles. The Balaban J connectivity index is 0.00000289. The fourth-order valence-corrected chi connectivity index (χ4v) is 1.25. The van der Waals surface area contributed by atoms with Gasteiger partial charge < -0.3 is 10.5 Å². The summed E-state index contributed by atoms with van der Waals surface area (Å²) in [5, 5.41) is 0.153. The van der Waals surface area contributed by atoms with Gasteiger partial charge in [-0.3, -0.25) is 0 Å². The van der Waals surface area contributed by atoms with Crippen LogP contribution in [-0.4, -0.2) is 23.5 Å². The van der Waals surface area contributed by atoms with E-state index in [2.05, 4.69) is 9.72 Å². The number of ether oxygens (including phenoxy) is 1. The van der Waals surface area contributed by atoms with Crippen molar-refractivity contribution in [1.29, 1.82) is 0 Å². The zero-order valence-corrected chi connectivity index (χ0v) is 11.0. The van der Waals surface area contributed by atoms with Crippen molar-refractivity contribution in [3.8, 4) is 0 Å². The number of hydrogen-bond acceptors (Lipinski definition) is 4. The molecule has 4 nitrogen and oxygen atoms in total. The second kappa shape index (κ2) is 6.82. The summed E-state index contributed by atoms with van der Waals surface area (Å²) in [4.78, 5) is 14.7. The van der Waals surface area contributed by atoms with Gasteiger partial charge in [-0.15, -0.1) is 12.4 Å². The first-order valence-electron chi connectivity index (χ1n) is 4.81. The molecule has 0 saturated heterocycles. The number of alkyl halides is 2. The van der Waals surface area contributed by atoms with E-state index in [1.54, 1.807) is 0 Å². The normalized spacial score (nSPS) is 12.5. The van der Waals surface area contributed by atoms with E-state index in [9.17, 15) is 13.6 Å². The van der Waals surface area contributed by atoms with Crippen LogP contribution in [0.5, 0.6) is 0 Å². The second-order valence-corrected chi connectivity index (χ2v) is 3.62.